The summed E-state index contributed by atoms with van der Waals surface area (Å²) < 4.78 is 28.1. The summed E-state index contributed by atoms with van der Waals surface area (Å²) in [6.07, 6.45) is 7.52. The molecule has 3 fully saturated rings. The van der Waals surface area contributed by atoms with Gasteiger partial charge in [-0.1, -0.05) is 19.8 Å². The van der Waals surface area contributed by atoms with Gasteiger partial charge in [0.05, 0.1) is 5.56 Å². The maximum Gasteiger partial charge on any atom is 0.254 e. The molecule has 3 aliphatic rings. The fourth-order valence-electron chi connectivity index (χ4n) is 4.98. The quantitative estimate of drug-likeness (QED) is 0.660. The second-order valence-electron chi connectivity index (χ2n) is 9.55. The van der Waals surface area contributed by atoms with E-state index in [4.69, 9.17) is 0 Å². The normalized spacial score (nSPS) is 22.7. The lowest BCUT2D eigenvalue weighted by atomic mass is 9.93. The van der Waals surface area contributed by atoms with Gasteiger partial charge in [0.25, 0.3) is 15.9 Å². The summed E-state index contributed by atoms with van der Waals surface area (Å²) in [5, 5.41) is 1.67. The minimum Gasteiger partial charge on any atom is -0.342 e. The highest BCUT2D eigenvalue weighted by atomic mass is 32.2. The molecule has 9 heteroatoms. The standard InChI is InChI=1S/C23H35N3O4S2/c1-18-6-12-25(13-7-18)22(27)19-8-14-26(15-9-19)32(29,30)21-16-20(17-31-21)23(28)24-10-4-2-3-5-11-24/h16-19H,2-15H2,1H3. The lowest BCUT2D eigenvalue weighted by Crippen LogP contribution is -2.46. The Morgan fingerprint density at radius 2 is 1.50 bits per heavy atom. The topological polar surface area (TPSA) is 78.0 Å². The average molecular weight is 482 g/mol. The van der Waals surface area contributed by atoms with Crippen molar-refractivity contribution < 1.29 is 18.0 Å². The van der Waals surface area contributed by atoms with Gasteiger partial charge >= 0.3 is 0 Å². The summed E-state index contributed by atoms with van der Waals surface area (Å²) in [6.45, 7) is 6.07. The van der Waals surface area contributed by atoms with Crippen LogP contribution in [0.5, 0.6) is 0 Å². The van der Waals surface area contributed by atoms with Crippen LogP contribution in [0.2, 0.25) is 0 Å². The van der Waals surface area contributed by atoms with Gasteiger partial charge in [0.2, 0.25) is 5.91 Å². The number of carbonyl (C=O) groups is 2. The zero-order valence-electron chi connectivity index (χ0n) is 19.0. The molecule has 1 aromatic heterocycles. The monoisotopic (exact) mass is 481 g/mol. The fourth-order valence-corrected chi connectivity index (χ4v) is 7.75. The second-order valence-corrected chi connectivity index (χ2v) is 12.6. The van der Waals surface area contributed by atoms with Crippen molar-refractivity contribution >= 4 is 33.2 Å². The van der Waals surface area contributed by atoms with Crippen LogP contribution >= 0.6 is 11.3 Å². The predicted octanol–water partition coefficient (Wildman–Crippen LogP) is 3.42. The molecule has 4 heterocycles. The molecular formula is C23H35N3O4S2. The Bertz CT molecular complexity index is 905. The van der Waals surface area contributed by atoms with Gasteiger partial charge in [-0.15, -0.1) is 11.3 Å². The summed E-state index contributed by atoms with van der Waals surface area (Å²) in [7, 11) is -3.64. The van der Waals surface area contributed by atoms with Crippen molar-refractivity contribution in [2.45, 2.75) is 62.5 Å². The molecule has 0 N–H and O–H groups in total. The smallest absolute Gasteiger partial charge is 0.254 e. The molecule has 0 spiro atoms. The van der Waals surface area contributed by atoms with Crippen LogP contribution in [0.4, 0.5) is 0 Å². The largest absolute Gasteiger partial charge is 0.342 e. The van der Waals surface area contributed by atoms with E-state index in [0.29, 0.717) is 37.4 Å². The van der Waals surface area contributed by atoms with E-state index in [1.54, 1.807) is 11.4 Å². The first kappa shape index (κ1) is 23.7. The Hall–Kier alpha value is -1.45. The van der Waals surface area contributed by atoms with E-state index in [-0.39, 0.29) is 21.9 Å². The van der Waals surface area contributed by atoms with E-state index in [0.717, 1.165) is 76.0 Å². The highest BCUT2D eigenvalue weighted by molar-refractivity contribution is 7.91. The number of sulfonamides is 1. The number of thiophene rings is 1. The van der Waals surface area contributed by atoms with E-state index < -0.39 is 10.0 Å². The third-order valence-corrected chi connectivity index (χ3v) is 10.5. The lowest BCUT2D eigenvalue weighted by Gasteiger charge is -2.36. The van der Waals surface area contributed by atoms with Gasteiger partial charge < -0.3 is 9.80 Å². The molecule has 0 bridgehead atoms. The highest BCUT2D eigenvalue weighted by Crippen LogP contribution is 2.30. The minimum atomic E-state index is -3.64. The van der Waals surface area contributed by atoms with Crippen molar-refractivity contribution in [2.75, 3.05) is 39.3 Å². The molecule has 0 unspecified atom stereocenters. The van der Waals surface area contributed by atoms with Crippen LogP contribution in [0.1, 0.15) is 68.6 Å². The van der Waals surface area contributed by atoms with Crippen molar-refractivity contribution in [1.29, 1.82) is 0 Å². The molecule has 0 atom stereocenters. The lowest BCUT2D eigenvalue weighted by molar-refractivity contribution is -0.138. The highest BCUT2D eigenvalue weighted by Gasteiger charge is 2.35. The van der Waals surface area contributed by atoms with E-state index in [2.05, 4.69) is 6.92 Å². The maximum absolute atomic E-state index is 13.2. The number of rotatable bonds is 4. The molecule has 0 radical (unpaired) electrons. The van der Waals surface area contributed by atoms with Crippen molar-refractivity contribution in [1.82, 2.24) is 14.1 Å². The average Bonchev–Trinajstić information content (AvgIpc) is 3.16. The number of amides is 2. The molecule has 1 aromatic rings. The molecule has 3 aliphatic heterocycles. The first-order valence-electron chi connectivity index (χ1n) is 12.0. The molecule has 0 aromatic carbocycles. The van der Waals surface area contributed by atoms with E-state index in [9.17, 15) is 18.0 Å². The summed E-state index contributed by atoms with van der Waals surface area (Å²) in [4.78, 5) is 29.5. The summed E-state index contributed by atoms with van der Waals surface area (Å²) in [5.41, 5.74) is 0.472. The van der Waals surface area contributed by atoms with Gasteiger partial charge in [-0.25, -0.2) is 8.42 Å². The van der Waals surface area contributed by atoms with Crippen LogP contribution < -0.4 is 0 Å². The number of hydrogen-bond acceptors (Lipinski definition) is 5. The molecular weight excluding hydrogens is 446 g/mol. The molecule has 4 rings (SSSR count). The fraction of sp³-hybridized carbons (Fsp3) is 0.739. The molecule has 2 amide bonds. The maximum atomic E-state index is 13.2. The summed E-state index contributed by atoms with van der Waals surface area (Å²) in [5.74, 6) is 0.714. The van der Waals surface area contributed by atoms with Gasteiger partial charge in [-0.05, 0) is 50.5 Å². The van der Waals surface area contributed by atoms with Gasteiger partial charge in [0.1, 0.15) is 4.21 Å². The van der Waals surface area contributed by atoms with Gasteiger partial charge in [0, 0.05) is 50.6 Å². The molecule has 178 valence electrons. The van der Waals surface area contributed by atoms with Crippen molar-refractivity contribution in [3.63, 3.8) is 0 Å². The van der Waals surface area contributed by atoms with Crippen LogP contribution in [-0.4, -0.2) is 73.6 Å². The SMILES string of the molecule is CC1CCN(C(=O)C2CCN(S(=O)(=O)c3cc(C(=O)N4CCCCCC4)cs3)CC2)CC1. The Labute approximate surface area is 195 Å². The van der Waals surface area contributed by atoms with Crippen LogP contribution in [0.3, 0.4) is 0 Å². The first-order valence-corrected chi connectivity index (χ1v) is 14.3. The number of likely N-dealkylation sites (tertiary alicyclic amines) is 2. The zero-order chi connectivity index (χ0) is 22.7. The van der Waals surface area contributed by atoms with Gasteiger partial charge in [-0.3, -0.25) is 9.59 Å². The number of carbonyl (C=O) groups excluding carboxylic acids is 2. The molecule has 7 nitrogen and oxygen atoms in total. The van der Waals surface area contributed by atoms with Crippen molar-refractivity contribution in [3.8, 4) is 0 Å². The van der Waals surface area contributed by atoms with Gasteiger partial charge in [-0.2, -0.15) is 4.31 Å². The van der Waals surface area contributed by atoms with Crippen molar-refractivity contribution in [2.24, 2.45) is 11.8 Å². The Morgan fingerprint density at radius 1 is 0.875 bits per heavy atom. The third kappa shape index (κ3) is 5.20. The number of nitrogens with zero attached hydrogens (tertiary/aromatic N) is 3. The van der Waals surface area contributed by atoms with E-state index >= 15 is 0 Å². The summed E-state index contributed by atoms with van der Waals surface area (Å²) in [6, 6.07) is 1.54. The van der Waals surface area contributed by atoms with Crippen LogP contribution in [0, 0.1) is 11.8 Å². The number of hydrogen-bond donors (Lipinski definition) is 0. The third-order valence-electron chi connectivity index (χ3n) is 7.21. The first-order chi connectivity index (χ1) is 15.4. The summed E-state index contributed by atoms with van der Waals surface area (Å²) >= 11 is 1.13. The van der Waals surface area contributed by atoms with Gasteiger partial charge in [0.15, 0.2) is 0 Å². The van der Waals surface area contributed by atoms with E-state index in [1.807, 2.05) is 9.80 Å². The Morgan fingerprint density at radius 3 is 2.12 bits per heavy atom. The second kappa shape index (κ2) is 10.2. The number of piperidine rings is 2. The Balaban J connectivity index is 1.35. The van der Waals surface area contributed by atoms with E-state index in [1.165, 1.54) is 4.31 Å². The van der Waals surface area contributed by atoms with Crippen LogP contribution in [0.15, 0.2) is 15.7 Å². The zero-order valence-corrected chi connectivity index (χ0v) is 20.6. The van der Waals surface area contributed by atoms with Crippen LogP contribution in [0.25, 0.3) is 0 Å². The predicted molar refractivity (Wildman–Crippen MR) is 125 cm³/mol. The molecule has 0 aliphatic carbocycles. The Kier molecular flexibility index (Phi) is 7.57. The molecule has 0 saturated carbocycles. The van der Waals surface area contributed by atoms with Crippen LogP contribution in [-0.2, 0) is 14.8 Å². The molecule has 32 heavy (non-hydrogen) atoms. The minimum absolute atomic E-state index is 0.0650. The van der Waals surface area contributed by atoms with Crippen molar-refractivity contribution in [3.05, 3.63) is 17.0 Å². The molecule has 3 saturated heterocycles.